The Hall–Kier alpha value is -0.930. The molecule has 0 fully saturated rings. The summed E-state index contributed by atoms with van der Waals surface area (Å²) in [5.41, 5.74) is 1.10. The standard InChI is InChI=1S/C15H24ClNO2/c1-11(2)6-5-7-17-10-12-8-13(16)15(19-4)14(9-12)18-3/h8-9,11,17H,5-7,10H2,1-4H3. The van der Waals surface area contributed by atoms with Gasteiger partial charge in [-0.15, -0.1) is 0 Å². The summed E-state index contributed by atoms with van der Waals surface area (Å²) in [6.07, 6.45) is 2.44. The van der Waals surface area contributed by atoms with Gasteiger partial charge in [0.25, 0.3) is 0 Å². The predicted octanol–water partition coefficient (Wildman–Crippen LogP) is 3.88. The van der Waals surface area contributed by atoms with E-state index in [9.17, 15) is 0 Å². The molecule has 19 heavy (non-hydrogen) atoms. The van der Waals surface area contributed by atoms with Gasteiger partial charge in [0.1, 0.15) is 0 Å². The zero-order chi connectivity index (χ0) is 14.3. The lowest BCUT2D eigenvalue weighted by atomic mass is 10.1. The van der Waals surface area contributed by atoms with Crippen LogP contribution >= 0.6 is 11.6 Å². The molecule has 1 rings (SSSR count). The molecule has 0 unspecified atom stereocenters. The SMILES string of the molecule is COc1cc(CNCCCC(C)C)cc(Cl)c1OC. The van der Waals surface area contributed by atoms with Gasteiger partial charge in [-0.25, -0.2) is 0 Å². The summed E-state index contributed by atoms with van der Waals surface area (Å²) in [6.45, 7) is 6.30. The van der Waals surface area contributed by atoms with Crippen molar-refractivity contribution in [3.05, 3.63) is 22.7 Å². The van der Waals surface area contributed by atoms with Gasteiger partial charge in [-0.3, -0.25) is 0 Å². The lowest BCUT2D eigenvalue weighted by Gasteiger charge is -2.12. The van der Waals surface area contributed by atoms with Crippen LogP contribution in [0, 0.1) is 5.92 Å². The molecule has 0 amide bonds. The van der Waals surface area contributed by atoms with Crippen LogP contribution in [0.3, 0.4) is 0 Å². The summed E-state index contributed by atoms with van der Waals surface area (Å²) in [4.78, 5) is 0. The molecule has 0 spiro atoms. The van der Waals surface area contributed by atoms with Crippen LogP contribution in [0.5, 0.6) is 11.5 Å². The molecule has 0 saturated heterocycles. The van der Waals surface area contributed by atoms with E-state index in [1.165, 1.54) is 12.8 Å². The van der Waals surface area contributed by atoms with Crippen molar-refractivity contribution in [1.29, 1.82) is 0 Å². The van der Waals surface area contributed by atoms with E-state index in [1.54, 1.807) is 14.2 Å². The Labute approximate surface area is 121 Å². The van der Waals surface area contributed by atoms with E-state index < -0.39 is 0 Å². The fraction of sp³-hybridized carbons (Fsp3) is 0.600. The molecule has 1 aromatic rings. The topological polar surface area (TPSA) is 30.5 Å². The molecule has 3 nitrogen and oxygen atoms in total. The summed E-state index contributed by atoms with van der Waals surface area (Å²) in [5, 5.41) is 4.00. The first-order valence-corrected chi connectivity index (χ1v) is 7.07. The second-order valence-electron chi connectivity index (χ2n) is 5.03. The molecule has 0 aromatic heterocycles. The highest BCUT2D eigenvalue weighted by Gasteiger charge is 2.10. The molecule has 4 heteroatoms. The molecule has 108 valence electrons. The molecule has 0 heterocycles. The van der Waals surface area contributed by atoms with Gasteiger partial charge < -0.3 is 14.8 Å². The van der Waals surface area contributed by atoms with Crippen molar-refractivity contribution < 1.29 is 9.47 Å². The van der Waals surface area contributed by atoms with Crippen LogP contribution < -0.4 is 14.8 Å². The Bertz CT molecular complexity index is 394. The number of nitrogens with one attached hydrogen (secondary N) is 1. The van der Waals surface area contributed by atoms with Crippen molar-refractivity contribution in [3.8, 4) is 11.5 Å². The van der Waals surface area contributed by atoms with Crippen LogP contribution in [0.1, 0.15) is 32.3 Å². The molecule has 1 N–H and O–H groups in total. The lowest BCUT2D eigenvalue weighted by Crippen LogP contribution is -2.15. The predicted molar refractivity (Wildman–Crippen MR) is 80.3 cm³/mol. The van der Waals surface area contributed by atoms with Gasteiger partial charge in [0.2, 0.25) is 0 Å². The van der Waals surface area contributed by atoms with Crippen LogP contribution in [-0.4, -0.2) is 20.8 Å². The van der Waals surface area contributed by atoms with E-state index in [2.05, 4.69) is 19.2 Å². The average molecular weight is 286 g/mol. The molecule has 1 aromatic carbocycles. The number of halogens is 1. The average Bonchev–Trinajstić information content (AvgIpc) is 2.37. The van der Waals surface area contributed by atoms with E-state index in [0.29, 0.717) is 16.5 Å². The van der Waals surface area contributed by atoms with Crippen molar-refractivity contribution in [2.24, 2.45) is 5.92 Å². The van der Waals surface area contributed by atoms with Gasteiger partial charge in [-0.2, -0.15) is 0 Å². The van der Waals surface area contributed by atoms with E-state index in [-0.39, 0.29) is 0 Å². The molecule has 0 aliphatic heterocycles. The van der Waals surface area contributed by atoms with Gasteiger partial charge in [-0.05, 0) is 43.0 Å². The highest BCUT2D eigenvalue weighted by molar-refractivity contribution is 6.32. The Morgan fingerprint density at radius 3 is 2.53 bits per heavy atom. The fourth-order valence-corrected chi connectivity index (χ4v) is 2.25. The van der Waals surface area contributed by atoms with Crippen molar-refractivity contribution in [1.82, 2.24) is 5.32 Å². The third-order valence-corrected chi connectivity index (χ3v) is 3.24. The second kappa shape index (κ2) is 8.28. The largest absolute Gasteiger partial charge is 0.493 e. The minimum Gasteiger partial charge on any atom is -0.493 e. The van der Waals surface area contributed by atoms with E-state index in [4.69, 9.17) is 21.1 Å². The molecule has 0 atom stereocenters. The molecular weight excluding hydrogens is 262 g/mol. The molecule has 0 aliphatic rings. The number of benzene rings is 1. The minimum absolute atomic E-state index is 0.584. The summed E-state index contributed by atoms with van der Waals surface area (Å²) in [7, 11) is 3.21. The summed E-state index contributed by atoms with van der Waals surface area (Å²) in [6, 6.07) is 3.87. The molecule has 0 aliphatic carbocycles. The second-order valence-corrected chi connectivity index (χ2v) is 5.43. The van der Waals surface area contributed by atoms with Gasteiger partial charge in [0, 0.05) is 6.54 Å². The first-order chi connectivity index (χ1) is 9.08. The zero-order valence-corrected chi connectivity index (χ0v) is 13.0. The third kappa shape index (κ3) is 5.29. The number of methoxy groups -OCH3 is 2. The Balaban J connectivity index is 2.52. The van der Waals surface area contributed by atoms with Gasteiger partial charge >= 0.3 is 0 Å². The Morgan fingerprint density at radius 2 is 1.95 bits per heavy atom. The lowest BCUT2D eigenvalue weighted by molar-refractivity contribution is 0.354. The summed E-state index contributed by atoms with van der Waals surface area (Å²) >= 11 is 6.16. The maximum Gasteiger partial charge on any atom is 0.179 e. The van der Waals surface area contributed by atoms with Crippen LogP contribution in [-0.2, 0) is 6.54 Å². The minimum atomic E-state index is 0.584. The van der Waals surface area contributed by atoms with Crippen molar-refractivity contribution >= 4 is 11.6 Å². The third-order valence-electron chi connectivity index (χ3n) is 2.96. The number of rotatable bonds is 8. The van der Waals surface area contributed by atoms with Crippen molar-refractivity contribution in [3.63, 3.8) is 0 Å². The quantitative estimate of drug-likeness (QED) is 0.735. The normalized spacial score (nSPS) is 10.8. The number of hydrogen-bond donors (Lipinski definition) is 1. The maximum atomic E-state index is 6.16. The molecule has 0 saturated carbocycles. The van der Waals surface area contributed by atoms with Crippen molar-refractivity contribution in [2.45, 2.75) is 33.2 Å². The first-order valence-electron chi connectivity index (χ1n) is 6.69. The van der Waals surface area contributed by atoms with Gasteiger partial charge in [0.15, 0.2) is 11.5 Å². The number of ether oxygens (including phenoxy) is 2. The van der Waals surface area contributed by atoms with E-state index in [1.807, 2.05) is 12.1 Å². The van der Waals surface area contributed by atoms with Crippen LogP contribution in [0.4, 0.5) is 0 Å². The van der Waals surface area contributed by atoms with Crippen LogP contribution in [0.2, 0.25) is 5.02 Å². The van der Waals surface area contributed by atoms with Crippen molar-refractivity contribution in [2.75, 3.05) is 20.8 Å². The summed E-state index contributed by atoms with van der Waals surface area (Å²) < 4.78 is 10.5. The van der Waals surface area contributed by atoms with Crippen LogP contribution in [0.15, 0.2) is 12.1 Å². The Morgan fingerprint density at radius 1 is 1.21 bits per heavy atom. The molecule has 0 radical (unpaired) electrons. The highest BCUT2D eigenvalue weighted by Crippen LogP contribution is 2.35. The molecular formula is C15H24ClNO2. The van der Waals surface area contributed by atoms with Gasteiger partial charge in [-0.1, -0.05) is 25.4 Å². The van der Waals surface area contributed by atoms with Gasteiger partial charge in [0.05, 0.1) is 19.2 Å². The summed E-state index contributed by atoms with van der Waals surface area (Å²) in [5.74, 6) is 2.03. The molecule has 0 bridgehead atoms. The fourth-order valence-electron chi connectivity index (χ4n) is 1.94. The first kappa shape index (κ1) is 16.1. The Kier molecular flexibility index (Phi) is 7.03. The highest BCUT2D eigenvalue weighted by atomic mass is 35.5. The van der Waals surface area contributed by atoms with Crippen LogP contribution in [0.25, 0.3) is 0 Å². The van der Waals surface area contributed by atoms with E-state index in [0.717, 1.165) is 24.6 Å². The zero-order valence-electron chi connectivity index (χ0n) is 12.3. The number of hydrogen-bond acceptors (Lipinski definition) is 3. The smallest absolute Gasteiger partial charge is 0.179 e. The van der Waals surface area contributed by atoms with E-state index >= 15 is 0 Å². The maximum absolute atomic E-state index is 6.16. The monoisotopic (exact) mass is 285 g/mol.